The van der Waals surface area contributed by atoms with Crippen LogP contribution >= 0.6 is 0 Å². The quantitative estimate of drug-likeness (QED) is 0.676. The highest BCUT2D eigenvalue weighted by Gasteiger charge is 2.23. The monoisotopic (exact) mass is 376 g/mol. The van der Waals surface area contributed by atoms with E-state index in [4.69, 9.17) is 0 Å². The van der Waals surface area contributed by atoms with Crippen molar-refractivity contribution in [1.82, 2.24) is 10.2 Å². The lowest BCUT2D eigenvalue weighted by molar-refractivity contribution is -0.126. The number of methoxy groups -OCH3 is 1. The maximum Gasteiger partial charge on any atom is 0.407 e. The Kier molecular flexibility index (Phi) is 9.15. The lowest BCUT2D eigenvalue weighted by Crippen LogP contribution is -2.40. The number of Topliss-reactive ketones (excluding diaryl/α,β-unsaturated/α-hetero) is 2. The van der Waals surface area contributed by atoms with Crippen molar-refractivity contribution in [2.75, 3.05) is 13.7 Å². The second-order valence-corrected chi connectivity index (χ2v) is 7.14. The van der Waals surface area contributed by atoms with E-state index in [1.807, 2.05) is 52.0 Å². The average Bonchev–Trinajstić information content (AvgIpc) is 2.63. The summed E-state index contributed by atoms with van der Waals surface area (Å²) in [7, 11) is 1.29. The molecule has 0 heterocycles. The van der Waals surface area contributed by atoms with E-state index in [0.29, 0.717) is 6.54 Å². The van der Waals surface area contributed by atoms with E-state index in [-0.39, 0.29) is 29.9 Å². The maximum atomic E-state index is 12.3. The molecule has 6 nitrogen and oxygen atoms in total. The molecule has 2 atom stereocenters. The van der Waals surface area contributed by atoms with Gasteiger partial charge in [0.15, 0.2) is 5.78 Å². The Morgan fingerprint density at radius 2 is 1.85 bits per heavy atom. The van der Waals surface area contributed by atoms with Gasteiger partial charge in [-0.2, -0.15) is 0 Å². The van der Waals surface area contributed by atoms with Gasteiger partial charge in [0.2, 0.25) is 0 Å². The van der Waals surface area contributed by atoms with Gasteiger partial charge in [0.1, 0.15) is 5.78 Å². The van der Waals surface area contributed by atoms with Gasteiger partial charge in [-0.1, -0.05) is 45.0 Å². The third-order valence-electron chi connectivity index (χ3n) is 4.64. The molecule has 0 aliphatic carbocycles. The van der Waals surface area contributed by atoms with E-state index in [0.717, 1.165) is 17.7 Å². The summed E-state index contributed by atoms with van der Waals surface area (Å²) in [5, 5.41) is 2.72. The maximum absolute atomic E-state index is 12.3. The molecule has 150 valence electrons. The highest BCUT2D eigenvalue weighted by molar-refractivity contribution is 5.85. The summed E-state index contributed by atoms with van der Waals surface area (Å²) >= 11 is 0. The summed E-state index contributed by atoms with van der Waals surface area (Å²) in [6.07, 6.45) is -0.379. The van der Waals surface area contributed by atoms with E-state index in [2.05, 4.69) is 15.0 Å². The van der Waals surface area contributed by atoms with Gasteiger partial charge in [-0.15, -0.1) is 0 Å². The molecule has 0 aliphatic rings. The largest absolute Gasteiger partial charge is 0.453 e. The molecule has 6 heteroatoms. The first kappa shape index (κ1) is 22.8. The summed E-state index contributed by atoms with van der Waals surface area (Å²) in [5.41, 5.74) is 1.87. The number of hydrogen-bond acceptors (Lipinski definition) is 5. The van der Waals surface area contributed by atoms with Crippen LogP contribution in [-0.4, -0.2) is 42.3 Å². The molecule has 1 N–H and O–H groups in total. The molecule has 0 saturated heterocycles. The molecule has 0 radical (unpaired) electrons. The molecule has 1 aromatic rings. The van der Waals surface area contributed by atoms with Gasteiger partial charge in [-0.05, 0) is 31.5 Å². The van der Waals surface area contributed by atoms with Crippen LogP contribution in [0.25, 0.3) is 0 Å². The summed E-state index contributed by atoms with van der Waals surface area (Å²) in [6, 6.07) is 7.13. The molecule has 0 aromatic heterocycles. The zero-order valence-corrected chi connectivity index (χ0v) is 17.2. The van der Waals surface area contributed by atoms with Crippen LogP contribution in [0.4, 0.5) is 4.79 Å². The Hall–Kier alpha value is -2.21. The van der Waals surface area contributed by atoms with E-state index in [1.165, 1.54) is 14.0 Å². The van der Waals surface area contributed by atoms with E-state index in [1.54, 1.807) is 0 Å². The third-order valence-corrected chi connectivity index (χ3v) is 4.64. The smallest absolute Gasteiger partial charge is 0.407 e. The Labute approximate surface area is 162 Å². The van der Waals surface area contributed by atoms with Crippen LogP contribution in [0.5, 0.6) is 0 Å². The number of amides is 1. The van der Waals surface area contributed by atoms with Crippen molar-refractivity contribution in [2.24, 2.45) is 5.92 Å². The van der Waals surface area contributed by atoms with Gasteiger partial charge in [0.25, 0.3) is 0 Å². The van der Waals surface area contributed by atoms with E-state index < -0.39 is 12.1 Å². The minimum atomic E-state index is -0.571. The summed E-state index contributed by atoms with van der Waals surface area (Å²) in [5.74, 6) is 0.188. The van der Waals surface area contributed by atoms with Crippen molar-refractivity contribution < 1.29 is 19.1 Å². The minimum absolute atomic E-state index is 0.00964. The Balaban J connectivity index is 3.02. The number of likely N-dealkylation sites (N-methyl/N-ethyl adjacent to an activating group) is 1. The second kappa shape index (κ2) is 10.8. The molecule has 27 heavy (non-hydrogen) atoms. The first-order valence-corrected chi connectivity index (χ1v) is 9.40. The number of carbonyl (C=O) groups excluding carboxylic acids is 3. The Bertz CT molecular complexity index is 657. The van der Waals surface area contributed by atoms with Crippen molar-refractivity contribution in [3.63, 3.8) is 0 Å². The zero-order chi connectivity index (χ0) is 20.6. The number of ketones is 2. The molecule has 0 saturated carbocycles. The number of nitrogens with one attached hydrogen (secondary N) is 1. The molecule has 0 fully saturated rings. The number of benzene rings is 1. The fourth-order valence-electron chi connectivity index (χ4n) is 3.07. The summed E-state index contributed by atoms with van der Waals surface area (Å²) in [4.78, 5) is 37.7. The highest BCUT2D eigenvalue weighted by Crippen LogP contribution is 2.21. The lowest BCUT2D eigenvalue weighted by atomic mass is 9.98. The number of carbonyl (C=O) groups is 3. The third kappa shape index (κ3) is 7.13. The molecule has 1 rings (SSSR count). The molecular weight excluding hydrogens is 344 g/mol. The van der Waals surface area contributed by atoms with Gasteiger partial charge in [-0.3, -0.25) is 14.5 Å². The second-order valence-electron chi connectivity index (χ2n) is 7.14. The van der Waals surface area contributed by atoms with Gasteiger partial charge in [0, 0.05) is 18.9 Å². The van der Waals surface area contributed by atoms with Gasteiger partial charge in [0.05, 0.1) is 19.2 Å². The van der Waals surface area contributed by atoms with Crippen LogP contribution in [0, 0.1) is 5.92 Å². The standard InChI is InChI=1S/C21H32N2O4/c1-7-23(16(5)20(25)14(2)3)13-17-9-8-10-18(12-17)19(11-15(4)24)22-21(26)27-6/h8-10,12,14,16,19H,7,11,13H2,1-6H3,(H,22,26). The van der Waals surface area contributed by atoms with Gasteiger partial charge in [-0.25, -0.2) is 4.79 Å². The molecule has 1 aromatic carbocycles. The van der Waals surface area contributed by atoms with Crippen molar-refractivity contribution in [3.8, 4) is 0 Å². The fourth-order valence-corrected chi connectivity index (χ4v) is 3.07. The van der Waals surface area contributed by atoms with Crippen LogP contribution in [0.2, 0.25) is 0 Å². The van der Waals surface area contributed by atoms with Crippen molar-refractivity contribution in [3.05, 3.63) is 35.4 Å². The van der Waals surface area contributed by atoms with E-state index >= 15 is 0 Å². The topological polar surface area (TPSA) is 75.7 Å². The summed E-state index contributed by atoms with van der Waals surface area (Å²) < 4.78 is 4.67. The number of alkyl carbamates (subject to hydrolysis) is 1. The van der Waals surface area contributed by atoms with E-state index in [9.17, 15) is 14.4 Å². The lowest BCUT2D eigenvalue weighted by Gasteiger charge is -2.28. The number of nitrogens with zero attached hydrogens (tertiary/aromatic N) is 1. The number of rotatable bonds is 10. The van der Waals surface area contributed by atoms with Crippen molar-refractivity contribution in [2.45, 2.75) is 59.7 Å². The molecule has 0 aliphatic heterocycles. The van der Waals surface area contributed by atoms with Crippen molar-refractivity contribution >= 4 is 17.7 Å². The van der Waals surface area contributed by atoms with Crippen LogP contribution in [0.3, 0.4) is 0 Å². The Morgan fingerprint density at radius 1 is 1.19 bits per heavy atom. The predicted molar refractivity (Wildman–Crippen MR) is 105 cm³/mol. The zero-order valence-electron chi connectivity index (χ0n) is 17.2. The molecule has 0 spiro atoms. The number of hydrogen-bond donors (Lipinski definition) is 1. The Morgan fingerprint density at radius 3 is 2.37 bits per heavy atom. The van der Waals surface area contributed by atoms with Gasteiger partial charge < -0.3 is 10.1 Å². The van der Waals surface area contributed by atoms with Crippen molar-refractivity contribution in [1.29, 1.82) is 0 Å². The first-order chi connectivity index (χ1) is 12.7. The van der Waals surface area contributed by atoms with Crippen LogP contribution in [-0.2, 0) is 20.9 Å². The molecule has 1 amide bonds. The van der Waals surface area contributed by atoms with Crippen LogP contribution < -0.4 is 5.32 Å². The highest BCUT2D eigenvalue weighted by atomic mass is 16.5. The first-order valence-electron chi connectivity index (χ1n) is 9.40. The SMILES string of the molecule is CCN(Cc1cccc(C(CC(C)=O)NC(=O)OC)c1)C(C)C(=O)C(C)C. The minimum Gasteiger partial charge on any atom is -0.453 e. The van der Waals surface area contributed by atoms with Crippen LogP contribution in [0.15, 0.2) is 24.3 Å². The normalized spacial score (nSPS) is 13.3. The predicted octanol–water partition coefficient (Wildman–Crippen LogP) is 3.50. The molecule has 2 unspecified atom stereocenters. The average molecular weight is 376 g/mol. The molecule has 0 bridgehead atoms. The fraction of sp³-hybridized carbons (Fsp3) is 0.571. The molecular formula is C21H32N2O4. The van der Waals surface area contributed by atoms with Crippen LogP contribution in [0.1, 0.15) is 58.2 Å². The van der Waals surface area contributed by atoms with Gasteiger partial charge >= 0.3 is 6.09 Å². The number of ether oxygens (including phenoxy) is 1. The summed E-state index contributed by atoms with van der Waals surface area (Å²) in [6.45, 7) is 10.7.